The maximum atomic E-state index is 13.1. The molecule has 1 fully saturated rings. The van der Waals surface area contributed by atoms with Gasteiger partial charge in [-0.05, 0) is 48.6 Å². The quantitative estimate of drug-likeness (QED) is 0.511. The summed E-state index contributed by atoms with van der Waals surface area (Å²) in [6.07, 6.45) is 5.65. The summed E-state index contributed by atoms with van der Waals surface area (Å²) in [7, 11) is 0. The Kier molecular flexibility index (Phi) is 7.30. The van der Waals surface area contributed by atoms with Gasteiger partial charge < -0.3 is 19.3 Å². The molecule has 1 N–H and O–H groups in total. The molecule has 178 valence electrons. The molecule has 7 nitrogen and oxygen atoms in total. The van der Waals surface area contributed by atoms with Gasteiger partial charge in [0.15, 0.2) is 0 Å². The molecule has 0 bridgehead atoms. The number of imidazole rings is 1. The molecule has 2 heterocycles. The highest BCUT2D eigenvalue weighted by atomic mass is 16.5. The highest BCUT2D eigenvalue weighted by molar-refractivity contribution is 5.79. The first kappa shape index (κ1) is 23.5. The van der Waals surface area contributed by atoms with Gasteiger partial charge in [0.1, 0.15) is 12.4 Å². The van der Waals surface area contributed by atoms with E-state index in [1.165, 1.54) is 5.56 Å². The molecule has 2 aromatic carbocycles. The molecule has 1 amide bonds. The third kappa shape index (κ3) is 5.65. The molecule has 1 aliphatic heterocycles. The van der Waals surface area contributed by atoms with Crippen LogP contribution in [0.1, 0.15) is 48.2 Å². The Balaban J connectivity index is 1.34. The van der Waals surface area contributed by atoms with Gasteiger partial charge >= 0.3 is 5.97 Å². The number of benzene rings is 2. The van der Waals surface area contributed by atoms with Crippen molar-refractivity contribution in [3.63, 3.8) is 0 Å². The SMILES string of the molecule is Cc1ccccc1COc1ccc(CC(=O)N2CCCC2c2cn(CC(C)C(=O)O)cn2)cc1. The number of likely N-dealkylation sites (tertiary alicyclic amines) is 1. The Hall–Kier alpha value is -3.61. The Labute approximate surface area is 200 Å². The lowest BCUT2D eigenvalue weighted by Crippen LogP contribution is -2.32. The lowest BCUT2D eigenvalue weighted by Gasteiger charge is -2.23. The van der Waals surface area contributed by atoms with E-state index in [1.807, 2.05) is 47.5 Å². The zero-order valence-electron chi connectivity index (χ0n) is 19.7. The van der Waals surface area contributed by atoms with Crippen molar-refractivity contribution < 1.29 is 19.4 Å². The minimum absolute atomic E-state index is 0.0643. The van der Waals surface area contributed by atoms with Crippen molar-refractivity contribution in [2.75, 3.05) is 6.54 Å². The Morgan fingerprint density at radius 2 is 1.94 bits per heavy atom. The van der Waals surface area contributed by atoms with Crippen LogP contribution in [0.15, 0.2) is 61.1 Å². The molecule has 7 heteroatoms. The molecule has 1 aromatic heterocycles. The summed E-state index contributed by atoms with van der Waals surface area (Å²) in [5.41, 5.74) is 4.12. The molecule has 2 atom stereocenters. The lowest BCUT2D eigenvalue weighted by molar-refractivity contribution is -0.141. The number of hydrogen-bond acceptors (Lipinski definition) is 4. The number of carbonyl (C=O) groups is 2. The van der Waals surface area contributed by atoms with Crippen molar-refractivity contribution in [3.8, 4) is 5.75 Å². The van der Waals surface area contributed by atoms with Crippen molar-refractivity contribution in [1.29, 1.82) is 0 Å². The lowest BCUT2D eigenvalue weighted by atomic mass is 10.1. The first-order chi connectivity index (χ1) is 16.4. The third-order valence-electron chi connectivity index (χ3n) is 6.41. The molecule has 0 radical (unpaired) electrons. The Morgan fingerprint density at radius 3 is 2.68 bits per heavy atom. The van der Waals surface area contributed by atoms with E-state index < -0.39 is 11.9 Å². The number of aliphatic carboxylic acids is 1. The normalized spacial score (nSPS) is 16.4. The largest absolute Gasteiger partial charge is 0.489 e. The molecular weight excluding hydrogens is 430 g/mol. The predicted octanol–water partition coefficient (Wildman–Crippen LogP) is 4.40. The maximum absolute atomic E-state index is 13.1. The highest BCUT2D eigenvalue weighted by Crippen LogP contribution is 2.31. The minimum Gasteiger partial charge on any atom is -0.489 e. The monoisotopic (exact) mass is 461 g/mol. The van der Waals surface area contributed by atoms with Gasteiger partial charge in [-0.3, -0.25) is 9.59 Å². The molecule has 3 aromatic rings. The van der Waals surface area contributed by atoms with Crippen LogP contribution in [-0.2, 0) is 29.2 Å². The minimum atomic E-state index is -0.834. The van der Waals surface area contributed by atoms with E-state index in [-0.39, 0.29) is 11.9 Å². The fourth-order valence-electron chi connectivity index (χ4n) is 4.33. The van der Waals surface area contributed by atoms with Gasteiger partial charge in [-0.25, -0.2) is 4.98 Å². The number of carboxylic acids is 1. The van der Waals surface area contributed by atoms with Crippen LogP contribution in [-0.4, -0.2) is 38.0 Å². The van der Waals surface area contributed by atoms with Crippen LogP contribution in [0, 0.1) is 12.8 Å². The van der Waals surface area contributed by atoms with Gasteiger partial charge in [-0.2, -0.15) is 0 Å². The second-order valence-corrected chi connectivity index (χ2v) is 9.02. The number of hydrogen-bond donors (Lipinski definition) is 1. The van der Waals surface area contributed by atoms with E-state index in [0.717, 1.165) is 35.4 Å². The fourth-order valence-corrected chi connectivity index (χ4v) is 4.33. The first-order valence-corrected chi connectivity index (χ1v) is 11.7. The van der Waals surface area contributed by atoms with Gasteiger partial charge in [0.05, 0.1) is 30.4 Å². The molecule has 1 saturated heterocycles. The van der Waals surface area contributed by atoms with Crippen LogP contribution in [0.25, 0.3) is 0 Å². The smallest absolute Gasteiger partial charge is 0.308 e. The van der Waals surface area contributed by atoms with E-state index in [2.05, 4.69) is 24.0 Å². The second-order valence-electron chi connectivity index (χ2n) is 9.02. The molecular formula is C27H31N3O4. The van der Waals surface area contributed by atoms with Gasteiger partial charge in [0.2, 0.25) is 5.91 Å². The topological polar surface area (TPSA) is 84.7 Å². The average molecular weight is 462 g/mol. The van der Waals surface area contributed by atoms with Crippen molar-refractivity contribution in [1.82, 2.24) is 14.5 Å². The van der Waals surface area contributed by atoms with Crippen molar-refractivity contribution in [3.05, 3.63) is 83.4 Å². The molecule has 0 spiro atoms. The number of aryl methyl sites for hydroxylation is 1. The summed E-state index contributed by atoms with van der Waals surface area (Å²) in [5.74, 6) is -0.476. The zero-order chi connectivity index (χ0) is 24.1. The third-order valence-corrected chi connectivity index (χ3v) is 6.41. The maximum Gasteiger partial charge on any atom is 0.308 e. The Morgan fingerprint density at radius 1 is 1.18 bits per heavy atom. The fraction of sp³-hybridized carbons (Fsp3) is 0.370. The van der Waals surface area contributed by atoms with E-state index in [1.54, 1.807) is 17.8 Å². The number of nitrogens with zero attached hydrogens (tertiary/aromatic N) is 3. The number of ether oxygens (including phenoxy) is 1. The summed E-state index contributed by atoms with van der Waals surface area (Å²) in [5, 5.41) is 9.13. The Bertz CT molecular complexity index is 1140. The summed E-state index contributed by atoms with van der Waals surface area (Å²) in [6.45, 7) is 5.32. The van der Waals surface area contributed by atoms with E-state index in [9.17, 15) is 9.59 Å². The van der Waals surface area contributed by atoms with Crippen LogP contribution in [0.2, 0.25) is 0 Å². The van der Waals surface area contributed by atoms with Gasteiger partial charge in [0.25, 0.3) is 0 Å². The number of aromatic nitrogens is 2. The second kappa shape index (κ2) is 10.5. The summed E-state index contributed by atoms with van der Waals surface area (Å²) < 4.78 is 7.71. The van der Waals surface area contributed by atoms with Crippen LogP contribution in [0.3, 0.4) is 0 Å². The number of rotatable bonds is 9. The van der Waals surface area contributed by atoms with Crippen molar-refractivity contribution in [2.45, 2.75) is 52.3 Å². The van der Waals surface area contributed by atoms with Gasteiger partial charge in [-0.15, -0.1) is 0 Å². The van der Waals surface area contributed by atoms with Crippen molar-refractivity contribution in [2.24, 2.45) is 5.92 Å². The zero-order valence-corrected chi connectivity index (χ0v) is 19.7. The van der Waals surface area contributed by atoms with Crippen LogP contribution >= 0.6 is 0 Å². The average Bonchev–Trinajstić information content (AvgIpc) is 3.49. The highest BCUT2D eigenvalue weighted by Gasteiger charge is 2.31. The first-order valence-electron chi connectivity index (χ1n) is 11.7. The van der Waals surface area contributed by atoms with Crippen molar-refractivity contribution >= 4 is 11.9 Å². The molecule has 0 saturated carbocycles. The number of carboxylic acid groups (broad SMARTS) is 1. The molecule has 1 aliphatic rings. The number of amides is 1. The van der Waals surface area contributed by atoms with E-state index >= 15 is 0 Å². The summed E-state index contributed by atoms with van der Waals surface area (Å²) >= 11 is 0. The van der Waals surface area contributed by atoms with Gasteiger partial charge in [-0.1, -0.05) is 43.3 Å². The molecule has 34 heavy (non-hydrogen) atoms. The molecule has 2 unspecified atom stereocenters. The van der Waals surface area contributed by atoms with Crippen LogP contribution in [0.4, 0.5) is 0 Å². The standard InChI is InChI=1S/C27H31N3O4/c1-19-6-3-4-7-22(19)17-34-23-11-9-21(10-12-23)14-26(31)30-13-5-8-25(30)24-16-29(18-28-24)15-20(2)27(32)33/h3-4,6-7,9-12,16,18,20,25H,5,8,13-15,17H2,1-2H3,(H,32,33). The van der Waals surface area contributed by atoms with Crippen LogP contribution in [0.5, 0.6) is 5.75 Å². The van der Waals surface area contributed by atoms with E-state index in [4.69, 9.17) is 9.84 Å². The predicted molar refractivity (Wildman–Crippen MR) is 128 cm³/mol. The molecule has 0 aliphatic carbocycles. The van der Waals surface area contributed by atoms with Gasteiger partial charge in [0, 0.05) is 19.3 Å². The number of carbonyl (C=O) groups excluding carboxylic acids is 1. The summed E-state index contributed by atoms with van der Waals surface area (Å²) in [6, 6.07) is 15.8. The van der Waals surface area contributed by atoms with Crippen LogP contribution < -0.4 is 4.74 Å². The van der Waals surface area contributed by atoms with E-state index in [0.29, 0.717) is 26.1 Å². The molecule has 4 rings (SSSR count). The summed E-state index contributed by atoms with van der Waals surface area (Å²) in [4.78, 5) is 30.6.